The third kappa shape index (κ3) is 3.75. The predicted octanol–water partition coefficient (Wildman–Crippen LogP) is 3.79. The summed E-state index contributed by atoms with van der Waals surface area (Å²) in [6.45, 7) is -0.0997. The monoisotopic (exact) mass is 376 g/mol. The zero-order valence-corrected chi connectivity index (χ0v) is 13.6. The molecule has 0 spiro atoms. The van der Waals surface area contributed by atoms with Gasteiger partial charge in [-0.25, -0.2) is 0 Å². The van der Waals surface area contributed by atoms with Gasteiger partial charge in [-0.3, -0.25) is 20.2 Å². The second-order valence-corrected chi connectivity index (χ2v) is 5.37. The molecular weight excluding hydrogens is 368 g/mol. The van der Waals surface area contributed by atoms with Crippen LogP contribution in [-0.4, -0.2) is 20.0 Å². The average Bonchev–Trinajstić information content (AvgIpc) is 3.09. The molecule has 0 aliphatic rings. The summed E-state index contributed by atoms with van der Waals surface area (Å²) in [6.07, 6.45) is 0. The average molecular weight is 377 g/mol. The minimum atomic E-state index is -0.565. The van der Waals surface area contributed by atoms with Crippen LogP contribution in [0.5, 0.6) is 5.75 Å². The molecule has 0 unspecified atom stereocenters. The fourth-order valence-corrected chi connectivity index (χ4v) is 2.24. The molecule has 2 aromatic carbocycles. The van der Waals surface area contributed by atoms with Gasteiger partial charge in [0.15, 0.2) is 6.61 Å². The van der Waals surface area contributed by atoms with Gasteiger partial charge in [-0.05, 0) is 18.2 Å². The van der Waals surface area contributed by atoms with E-state index in [0.29, 0.717) is 5.56 Å². The maximum Gasteiger partial charge on any atom is 0.271 e. The molecule has 0 N–H and O–H groups in total. The first-order valence-electron chi connectivity index (χ1n) is 7.08. The van der Waals surface area contributed by atoms with Crippen molar-refractivity contribution in [3.05, 3.63) is 73.6 Å². The molecule has 0 radical (unpaired) electrons. The highest BCUT2D eigenvalue weighted by Gasteiger charge is 2.14. The van der Waals surface area contributed by atoms with Gasteiger partial charge in [0.1, 0.15) is 5.75 Å². The normalized spacial score (nSPS) is 10.5. The molecule has 0 saturated heterocycles. The second-order valence-electron chi connectivity index (χ2n) is 4.97. The molecule has 0 fully saturated rings. The highest BCUT2D eigenvalue weighted by molar-refractivity contribution is 6.32. The molecule has 11 heteroatoms. The smallest absolute Gasteiger partial charge is 0.271 e. The van der Waals surface area contributed by atoms with E-state index in [1.807, 2.05) is 0 Å². The van der Waals surface area contributed by atoms with Crippen molar-refractivity contribution in [1.82, 2.24) is 10.2 Å². The van der Waals surface area contributed by atoms with Crippen LogP contribution in [0.25, 0.3) is 11.5 Å². The van der Waals surface area contributed by atoms with Crippen LogP contribution < -0.4 is 4.74 Å². The Morgan fingerprint density at radius 2 is 1.65 bits per heavy atom. The van der Waals surface area contributed by atoms with Gasteiger partial charge in [0.05, 0.1) is 14.9 Å². The Hall–Kier alpha value is -3.53. The third-order valence-electron chi connectivity index (χ3n) is 3.27. The number of nitro benzene ring substituents is 2. The summed E-state index contributed by atoms with van der Waals surface area (Å²) in [7, 11) is 0. The van der Waals surface area contributed by atoms with Crippen LogP contribution >= 0.6 is 11.6 Å². The number of nitrogens with zero attached hydrogens (tertiary/aromatic N) is 4. The molecule has 26 heavy (non-hydrogen) atoms. The topological polar surface area (TPSA) is 134 Å². The van der Waals surface area contributed by atoms with Crippen LogP contribution in [0, 0.1) is 20.2 Å². The van der Waals surface area contributed by atoms with Crippen molar-refractivity contribution < 1.29 is 19.0 Å². The number of aromatic nitrogens is 2. The van der Waals surface area contributed by atoms with Gasteiger partial charge in [0.25, 0.3) is 17.3 Å². The van der Waals surface area contributed by atoms with Crippen molar-refractivity contribution >= 4 is 23.0 Å². The Morgan fingerprint density at radius 3 is 2.27 bits per heavy atom. The van der Waals surface area contributed by atoms with Gasteiger partial charge >= 0.3 is 0 Å². The molecule has 0 aliphatic heterocycles. The van der Waals surface area contributed by atoms with Crippen LogP contribution in [0.4, 0.5) is 11.4 Å². The molecule has 10 nitrogen and oxygen atoms in total. The summed E-state index contributed by atoms with van der Waals surface area (Å²) in [5.74, 6) is 0.549. The van der Waals surface area contributed by atoms with Gasteiger partial charge in [-0.2, -0.15) is 0 Å². The number of hydrogen-bond acceptors (Lipinski definition) is 8. The van der Waals surface area contributed by atoms with E-state index < -0.39 is 9.85 Å². The quantitative estimate of drug-likeness (QED) is 0.468. The lowest BCUT2D eigenvalue weighted by molar-refractivity contribution is -0.385. The lowest BCUT2D eigenvalue weighted by atomic mass is 10.2. The van der Waals surface area contributed by atoms with Crippen LogP contribution in [-0.2, 0) is 6.61 Å². The zero-order valence-electron chi connectivity index (χ0n) is 12.9. The largest absolute Gasteiger partial charge is 0.482 e. The van der Waals surface area contributed by atoms with E-state index in [1.165, 1.54) is 42.5 Å². The van der Waals surface area contributed by atoms with E-state index in [-0.39, 0.29) is 40.5 Å². The number of benzene rings is 2. The number of hydrogen-bond donors (Lipinski definition) is 0. The molecule has 132 valence electrons. The fourth-order valence-electron chi connectivity index (χ4n) is 2.01. The van der Waals surface area contributed by atoms with E-state index in [1.54, 1.807) is 0 Å². The zero-order chi connectivity index (χ0) is 18.7. The SMILES string of the molecule is O=[N+]([O-])c1ccc(-c2nnc(COc3ccc([N+](=O)[O-])cc3Cl)o2)cc1. The minimum Gasteiger partial charge on any atom is -0.482 e. The summed E-state index contributed by atoms with van der Waals surface area (Å²) in [4.78, 5) is 20.2. The van der Waals surface area contributed by atoms with Gasteiger partial charge in [0.2, 0.25) is 5.89 Å². The third-order valence-corrected chi connectivity index (χ3v) is 3.56. The Labute approximate surface area is 150 Å². The van der Waals surface area contributed by atoms with Gasteiger partial charge in [0, 0.05) is 29.8 Å². The molecular formula is C15H9ClN4O6. The van der Waals surface area contributed by atoms with E-state index >= 15 is 0 Å². The van der Waals surface area contributed by atoms with Gasteiger partial charge < -0.3 is 9.15 Å². The molecule has 1 heterocycles. The van der Waals surface area contributed by atoms with Crippen molar-refractivity contribution in [3.63, 3.8) is 0 Å². The van der Waals surface area contributed by atoms with E-state index in [0.717, 1.165) is 0 Å². The summed E-state index contributed by atoms with van der Waals surface area (Å²) in [5, 5.41) is 29.1. The second kappa shape index (κ2) is 7.15. The van der Waals surface area contributed by atoms with Crippen LogP contribution in [0.15, 0.2) is 46.9 Å². The maximum absolute atomic E-state index is 10.7. The Kier molecular flexibility index (Phi) is 4.76. The maximum atomic E-state index is 10.7. The molecule has 3 rings (SSSR count). The number of nitro groups is 2. The summed E-state index contributed by atoms with van der Waals surface area (Å²) < 4.78 is 10.8. The van der Waals surface area contributed by atoms with Gasteiger partial charge in [-0.15, -0.1) is 10.2 Å². The summed E-state index contributed by atoms with van der Waals surface area (Å²) >= 11 is 5.93. The molecule has 0 amide bonds. The number of rotatable bonds is 6. The van der Waals surface area contributed by atoms with E-state index in [2.05, 4.69) is 10.2 Å². The highest BCUT2D eigenvalue weighted by Crippen LogP contribution is 2.29. The first-order valence-corrected chi connectivity index (χ1v) is 7.46. The molecule has 0 saturated carbocycles. The molecule has 3 aromatic rings. The number of halogens is 1. The Balaban J connectivity index is 1.69. The standard InChI is InChI=1S/C15H9ClN4O6/c16-12-7-11(20(23)24)5-6-13(12)25-8-14-17-18-15(26-14)9-1-3-10(4-2-9)19(21)22/h1-7H,8H2. The first kappa shape index (κ1) is 17.3. The first-order chi connectivity index (χ1) is 12.4. The molecule has 0 atom stereocenters. The lowest BCUT2D eigenvalue weighted by Crippen LogP contribution is -1.97. The van der Waals surface area contributed by atoms with E-state index in [9.17, 15) is 20.2 Å². The van der Waals surface area contributed by atoms with E-state index in [4.69, 9.17) is 20.8 Å². The molecule has 0 aliphatic carbocycles. The summed E-state index contributed by atoms with van der Waals surface area (Å²) in [6, 6.07) is 9.43. The van der Waals surface area contributed by atoms with Crippen molar-refractivity contribution in [3.8, 4) is 17.2 Å². The van der Waals surface area contributed by atoms with Crippen LogP contribution in [0.2, 0.25) is 5.02 Å². The highest BCUT2D eigenvalue weighted by atomic mass is 35.5. The number of ether oxygens (including phenoxy) is 1. The lowest BCUT2D eigenvalue weighted by Gasteiger charge is -2.05. The van der Waals surface area contributed by atoms with Crippen molar-refractivity contribution in [2.75, 3.05) is 0 Å². The van der Waals surface area contributed by atoms with Crippen molar-refractivity contribution in [2.45, 2.75) is 6.61 Å². The Morgan fingerprint density at radius 1 is 1.00 bits per heavy atom. The van der Waals surface area contributed by atoms with Gasteiger partial charge in [-0.1, -0.05) is 11.6 Å². The fraction of sp³-hybridized carbons (Fsp3) is 0.0667. The summed E-state index contributed by atoms with van der Waals surface area (Å²) in [5.41, 5.74) is 0.313. The molecule has 0 bridgehead atoms. The Bertz CT molecular complexity index is 973. The predicted molar refractivity (Wildman–Crippen MR) is 88.8 cm³/mol. The molecule has 1 aromatic heterocycles. The van der Waals surface area contributed by atoms with Crippen LogP contribution in [0.3, 0.4) is 0 Å². The van der Waals surface area contributed by atoms with Crippen molar-refractivity contribution in [1.29, 1.82) is 0 Å². The minimum absolute atomic E-state index is 0.0513. The van der Waals surface area contributed by atoms with Crippen molar-refractivity contribution in [2.24, 2.45) is 0 Å². The van der Waals surface area contributed by atoms with Crippen LogP contribution in [0.1, 0.15) is 5.89 Å². The number of non-ortho nitro benzene ring substituents is 2.